The Balaban J connectivity index is 2.29. The summed E-state index contributed by atoms with van der Waals surface area (Å²) in [5, 5.41) is 6.24. The van der Waals surface area contributed by atoms with Gasteiger partial charge in [0.2, 0.25) is 5.91 Å². The van der Waals surface area contributed by atoms with E-state index in [9.17, 15) is 22.8 Å². The zero-order valence-corrected chi connectivity index (χ0v) is 10.7. The lowest BCUT2D eigenvalue weighted by molar-refractivity contribution is -0.137. The van der Waals surface area contributed by atoms with E-state index in [1.807, 2.05) is 6.92 Å². The molecule has 0 fully saturated rings. The van der Waals surface area contributed by atoms with Crippen molar-refractivity contribution in [2.24, 2.45) is 0 Å². The van der Waals surface area contributed by atoms with Gasteiger partial charge in [-0.15, -0.1) is 0 Å². The molecule has 0 aliphatic heterocycles. The fourth-order valence-corrected chi connectivity index (χ4v) is 1.23. The number of urea groups is 1. The number of rotatable bonds is 4. The average Bonchev–Trinajstić information content (AvgIpc) is 2.36. The monoisotopic (exact) mass is 289 g/mol. The fourth-order valence-electron chi connectivity index (χ4n) is 1.23. The number of hydrogen-bond acceptors (Lipinski definition) is 2. The Morgan fingerprint density at radius 1 is 1.10 bits per heavy atom. The molecule has 0 heterocycles. The number of benzene rings is 1. The van der Waals surface area contributed by atoms with Gasteiger partial charge in [-0.05, 0) is 19.1 Å². The van der Waals surface area contributed by atoms with Gasteiger partial charge in [0.1, 0.15) is 6.54 Å². The van der Waals surface area contributed by atoms with Crippen LogP contribution in [0.25, 0.3) is 0 Å². The fraction of sp³-hybridized carbons (Fsp3) is 0.333. The molecule has 0 bridgehead atoms. The van der Waals surface area contributed by atoms with Gasteiger partial charge >= 0.3 is 12.2 Å². The summed E-state index contributed by atoms with van der Waals surface area (Å²) in [6.45, 7) is -0.0737. The summed E-state index contributed by atoms with van der Waals surface area (Å²) in [5.41, 5.74) is 1.53. The number of amides is 3. The van der Waals surface area contributed by atoms with Gasteiger partial charge in [-0.1, -0.05) is 17.7 Å². The van der Waals surface area contributed by atoms with Crippen molar-refractivity contribution in [1.29, 1.82) is 0 Å². The number of carbonyl (C=O) groups excluding carboxylic acids is 2. The van der Waals surface area contributed by atoms with Crippen molar-refractivity contribution < 1.29 is 22.8 Å². The smallest absolute Gasteiger partial charge is 0.345 e. The number of aryl methyl sites for hydroxylation is 1. The van der Waals surface area contributed by atoms with Crippen LogP contribution in [-0.4, -0.2) is 31.2 Å². The molecule has 3 amide bonds. The van der Waals surface area contributed by atoms with Crippen LogP contribution < -0.4 is 16.0 Å². The van der Waals surface area contributed by atoms with Gasteiger partial charge in [0.05, 0.1) is 6.54 Å². The van der Waals surface area contributed by atoms with Crippen LogP contribution in [0.3, 0.4) is 0 Å². The maximum Gasteiger partial charge on any atom is 0.405 e. The van der Waals surface area contributed by atoms with Crippen LogP contribution in [-0.2, 0) is 4.79 Å². The highest BCUT2D eigenvalue weighted by molar-refractivity contribution is 5.92. The minimum Gasteiger partial charge on any atom is -0.345 e. The summed E-state index contributed by atoms with van der Waals surface area (Å²) in [6, 6.07) is 6.23. The van der Waals surface area contributed by atoms with Crippen LogP contribution in [0.1, 0.15) is 5.56 Å². The molecule has 0 atom stereocenters. The van der Waals surface area contributed by atoms with Gasteiger partial charge in [0, 0.05) is 5.69 Å². The standard InChI is InChI=1S/C12H14F3N3O2/c1-8-2-4-9(5-3-8)18-11(20)16-6-10(19)17-7-12(13,14)15/h2-5H,6-7H2,1H3,(H,17,19)(H2,16,18,20). The molecule has 3 N–H and O–H groups in total. The summed E-state index contributed by atoms with van der Waals surface area (Å²) in [5.74, 6) is -0.915. The molecule has 0 saturated heterocycles. The Hall–Kier alpha value is -2.25. The van der Waals surface area contributed by atoms with E-state index in [0.717, 1.165) is 5.56 Å². The van der Waals surface area contributed by atoms with E-state index in [4.69, 9.17) is 0 Å². The second-order valence-corrected chi connectivity index (χ2v) is 4.07. The molecule has 110 valence electrons. The number of hydrogen-bond donors (Lipinski definition) is 3. The molecule has 0 radical (unpaired) electrons. The number of halogens is 3. The molecule has 1 aromatic rings. The van der Waals surface area contributed by atoms with E-state index < -0.39 is 31.2 Å². The Labute approximate surface area is 113 Å². The lowest BCUT2D eigenvalue weighted by Crippen LogP contribution is -2.42. The van der Waals surface area contributed by atoms with Crippen LogP contribution in [0.5, 0.6) is 0 Å². The second-order valence-electron chi connectivity index (χ2n) is 4.07. The van der Waals surface area contributed by atoms with Crippen molar-refractivity contribution in [2.45, 2.75) is 13.1 Å². The third-order valence-corrected chi connectivity index (χ3v) is 2.20. The molecule has 0 aromatic heterocycles. The number of nitrogens with one attached hydrogen (secondary N) is 3. The normalized spacial score (nSPS) is 10.8. The predicted molar refractivity (Wildman–Crippen MR) is 67.3 cm³/mol. The Morgan fingerprint density at radius 2 is 1.70 bits per heavy atom. The Kier molecular flexibility index (Phi) is 5.36. The van der Waals surface area contributed by atoms with Gasteiger partial charge in [-0.25, -0.2) is 4.79 Å². The van der Waals surface area contributed by atoms with Crippen molar-refractivity contribution in [1.82, 2.24) is 10.6 Å². The van der Waals surface area contributed by atoms with Gasteiger partial charge in [0.25, 0.3) is 0 Å². The van der Waals surface area contributed by atoms with Crippen LogP contribution in [0, 0.1) is 6.92 Å². The average molecular weight is 289 g/mol. The van der Waals surface area contributed by atoms with E-state index in [0.29, 0.717) is 5.69 Å². The van der Waals surface area contributed by atoms with E-state index >= 15 is 0 Å². The first-order valence-electron chi connectivity index (χ1n) is 5.71. The Morgan fingerprint density at radius 3 is 2.25 bits per heavy atom. The number of anilines is 1. The van der Waals surface area contributed by atoms with Crippen molar-refractivity contribution in [2.75, 3.05) is 18.4 Å². The molecule has 1 rings (SSSR count). The molecular weight excluding hydrogens is 275 g/mol. The molecule has 20 heavy (non-hydrogen) atoms. The minimum absolute atomic E-state index is 0.517. The summed E-state index contributed by atoms with van der Waals surface area (Å²) >= 11 is 0. The lowest BCUT2D eigenvalue weighted by Gasteiger charge is -2.10. The molecule has 0 unspecified atom stereocenters. The summed E-state index contributed by atoms with van der Waals surface area (Å²) in [6.07, 6.45) is -4.47. The molecule has 0 aliphatic carbocycles. The van der Waals surface area contributed by atoms with Crippen LogP contribution in [0.15, 0.2) is 24.3 Å². The third kappa shape index (κ3) is 6.62. The minimum atomic E-state index is -4.47. The van der Waals surface area contributed by atoms with Crippen LogP contribution in [0.2, 0.25) is 0 Å². The maximum absolute atomic E-state index is 11.8. The van der Waals surface area contributed by atoms with Crippen molar-refractivity contribution in [3.63, 3.8) is 0 Å². The van der Waals surface area contributed by atoms with Crippen molar-refractivity contribution in [3.05, 3.63) is 29.8 Å². The molecule has 0 spiro atoms. The first-order chi connectivity index (χ1) is 9.26. The molecular formula is C12H14F3N3O2. The summed E-state index contributed by atoms with van der Waals surface area (Å²) < 4.78 is 35.5. The SMILES string of the molecule is Cc1ccc(NC(=O)NCC(=O)NCC(F)(F)F)cc1. The lowest BCUT2D eigenvalue weighted by atomic mass is 10.2. The van der Waals surface area contributed by atoms with E-state index in [2.05, 4.69) is 10.6 Å². The zero-order chi connectivity index (χ0) is 15.2. The maximum atomic E-state index is 11.8. The largest absolute Gasteiger partial charge is 0.405 e. The molecule has 5 nitrogen and oxygen atoms in total. The highest BCUT2D eigenvalue weighted by Gasteiger charge is 2.27. The highest BCUT2D eigenvalue weighted by Crippen LogP contribution is 2.11. The first kappa shape index (κ1) is 15.8. The number of carbonyl (C=O) groups is 2. The molecule has 0 aliphatic rings. The van der Waals surface area contributed by atoms with Gasteiger partial charge in [-0.3, -0.25) is 4.79 Å². The quantitative estimate of drug-likeness (QED) is 0.791. The predicted octanol–water partition coefficient (Wildman–Crippen LogP) is 1.80. The van der Waals surface area contributed by atoms with E-state index in [1.54, 1.807) is 29.6 Å². The van der Waals surface area contributed by atoms with E-state index in [-0.39, 0.29) is 0 Å². The van der Waals surface area contributed by atoms with Crippen LogP contribution in [0.4, 0.5) is 23.7 Å². The van der Waals surface area contributed by atoms with Gasteiger partial charge < -0.3 is 16.0 Å². The topological polar surface area (TPSA) is 70.2 Å². The van der Waals surface area contributed by atoms with E-state index in [1.165, 1.54) is 0 Å². The first-order valence-corrected chi connectivity index (χ1v) is 5.71. The highest BCUT2D eigenvalue weighted by atomic mass is 19.4. The molecule has 0 saturated carbocycles. The molecule has 1 aromatic carbocycles. The summed E-state index contributed by atoms with van der Waals surface area (Å²) in [4.78, 5) is 22.4. The van der Waals surface area contributed by atoms with Crippen molar-refractivity contribution >= 4 is 17.6 Å². The van der Waals surface area contributed by atoms with Crippen molar-refractivity contribution in [3.8, 4) is 0 Å². The van der Waals surface area contributed by atoms with Gasteiger partial charge in [-0.2, -0.15) is 13.2 Å². The summed E-state index contributed by atoms with van der Waals surface area (Å²) in [7, 11) is 0. The Bertz CT molecular complexity index is 472. The second kappa shape index (κ2) is 6.78. The third-order valence-electron chi connectivity index (χ3n) is 2.20. The number of alkyl halides is 3. The zero-order valence-electron chi connectivity index (χ0n) is 10.7. The van der Waals surface area contributed by atoms with Crippen LogP contribution >= 0.6 is 0 Å². The van der Waals surface area contributed by atoms with Gasteiger partial charge in [0.15, 0.2) is 0 Å². The molecule has 8 heteroatoms.